The van der Waals surface area contributed by atoms with E-state index in [1.54, 1.807) is 25.3 Å². The number of hydrogen-bond acceptors (Lipinski definition) is 5. The number of hydrogen-bond donors (Lipinski definition) is 1. The SMILES string of the molecule is CCOC(=O)C(O)(C(=O)OCC)c1c(C)c2ccccc2n1-c1ccccc1C(C)C. The van der Waals surface area contributed by atoms with Gasteiger partial charge in [0.05, 0.1) is 24.4 Å². The first-order valence-corrected chi connectivity index (χ1v) is 10.6. The number of aryl methyl sites for hydroxylation is 1. The number of aromatic nitrogens is 1. The van der Waals surface area contributed by atoms with E-state index in [0.717, 1.165) is 22.2 Å². The Kier molecular flexibility index (Phi) is 6.51. The van der Waals surface area contributed by atoms with E-state index in [1.807, 2.05) is 48.5 Å². The minimum atomic E-state index is -2.61. The normalized spacial score (nSPS) is 11.7. The van der Waals surface area contributed by atoms with Gasteiger partial charge in [0.2, 0.25) is 0 Å². The third kappa shape index (κ3) is 3.72. The minimum Gasteiger partial charge on any atom is -0.463 e. The highest BCUT2D eigenvalue weighted by molar-refractivity contribution is 6.06. The Morgan fingerprint density at radius 1 is 0.968 bits per heavy atom. The third-order valence-electron chi connectivity index (χ3n) is 5.41. The second kappa shape index (κ2) is 8.94. The van der Waals surface area contributed by atoms with Crippen LogP contribution in [0.2, 0.25) is 0 Å². The van der Waals surface area contributed by atoms with Crippen molar-refractivity contribution < 1.29 is 24.2 Å². The van der Waals surface area contributed by atoms with E-state index in [0.29, 0.717) is 5.56 Å². The lowest BCUT2D eigenvalue weighted by atomic mass is 9.94. The molecule has 0 radical (unpaired) electrons. The van der Waals surface area contributed by atoms with Crippen LogP contribution >= 0.6 is 0 Å². The van der Waals surface area contributed by atoms with E-state index in [9.17, 15) is 14.7 Å². The summed E-state index contributed by atoms with van der Waals surface area (Å²) in [4.78, 5) is 26.1. The largest absolute Gasteiger partial charge is 0.463 e. The Labute approximate surface area is 182 Å². The zero-order chi connectivity index (χ0) is 22.8. The van der Waals surface area contributed by atoms with Crippen LogP contribution in [0.3, 0.4) is 0 Å². The quantitative estimate of drug-likeness (QED) is 0.451. The first-order valence-electron chi connectivity index (χ1n) is 10.6. The van der Waals surface area contributed by atoms with Gasteiger partial charge in [-0.3, -0.25) is 0 Å². The Morgan fingerprint density at radius 2 is 1.52 bits per heavy atom. The summed E-state index contributed by atoms with van der Waals surface area (Å²) in [6, 6.07) is 15.3. The predicted molar refractivity (Wildman–Crippen MR) is 119 cm³/mol. The maximum absolute atomic E-state index is 13.0. The van der Waals surface area contributed by atoms with Crippen LogP contribution in [-0.4, -0.2) is 34.8 Å². The molecule has 0 fully saturated rings. The number of para-hydroxylation sites is 2. The molecule has 1 heterocycles. The van der Waals surface area contributed by atoms with Crippen molar-refractivity contribution in [1.82, 2.24) is 4.57 Å². The number of carbonyl (C=O) groups is 2. The molecule has 0 spiro atoms. The molecule has 0 saturated heterocycles. The monoisotopic (exact) mass is 423 g/mol. The van der Waals surface area contributed by atoms with Gasteiger partial charge in [0, 0.05) is 11.1 Å². The van der Waals surface area contributed by atoms with Crippen molar-refractivity contribution in [1.29, 1.82) is 0 Å². The molecule has 31 heavy (non-hydrogen) atoms. The van der Waals surface area contributed by atoms with Crippen LogP contribution in [0, 0.1) is 6.92 Å². The molecule has 0 aliphatic carbocycles. The van der Waals surface area contributed by atoms with Crippen molar-refractivity contribution in [3.8, 4) is 5.69 Å². The summed E-state index contributed by atoms with van der Waals surface area (Å²) in [7, 11) is 0. The van der Waals surface area contributed by atoms with Crippen LogP contribution in [0.25, 0.3) is 16.6 Å². The lowest BCUT2D eigenvalue weighted by molar-refractivity contribution is -0.185. The third-order valence-corrected chi connectivity index (χ3v) is 5.41. The first kappa shape index (κ1) is 22.6. The summed E-state index contributed by atoms with van der Waals surface area (Å²) < 4.78 is 12.1. The lowest BCUT2D eigenvalue weighted by Crippen LogP contribution is -2.48. The zero-order valence-electron chi connectivity index (χ0n) is 18.6. The van der Waals surface area contributed by atoms with E-state index >= 15 is 0 Å². The van der Waals surface area contributed by atoms with Crippen LogP contribution < -0.4 is 0 Å². The molecule has 0 aliphatic heterocycles. The number of nitrogens with zero attached hydrogens (tertiary/aromatic N) is 1. The molecule has 0 atom stereocenters. The highest BCUT2D eigenvalue weighted by Crippen LogP contribution is 2.39. The van der Waals surface area contributed by atoms with Crippen LogP contribution in [0.5, 0.6) is 0 Å². The molecule has 0 amide bonds. The molecular weight excluding hydrogens is 394 g/mol. The van der Waals surface area contributed by atoms with Crippen molar-refractivity contribution in [2.75, 3.05) is 13.2 Å². The van der Waals surface area contributed by atoms with Gasteiger partial charge in [-0.2, -0.15) is 0 Å². The second-order valence-corrected chi connectivity index (χ2v) is 7.69. The number of ether oxygens (including phenoxy) is 2. The van der Waals surface area contributed by atoms with E-state index in [-0.39, 0.29) is 24.8 Å². The minimum absolute atomic E-state index is 0.0163. The number of rotatable bonds is 7. The molecule has 6 nitrogen and oxygen atoms in total. The summed E-state index contributed by atoms with van der Waals surface area (Å²) in [5.41, 5.74) is 0.703. The van der Waals surface area contributed by atoms with E-state index < -0.39 is 17.5 Å². The second-order valence-electron chi connectivity index (χ2n) is 7.69. The number of fused-ring (bicyclic) bond motifs is 1. The summed E-state index contributed by atoms with van der Waals surface area (Å²) in [5, 5.41) is 12.5. The molecule has 2 aromatic carbocycles. The Balaban J connectivity index is 2.47. The van der Waals surface area contributed by atoms with Crippen LogP contribution in [-0.2, 0) is 24.7 Å². The Bertz CT molecular complexity index is 1090. The fraction of sp³-hybridized carbons (Fsp3) is 0.360. The van der Waals surface area contributed by atoms with Gasteiger partial charge in [0.1, 0.15) is 0 Å². The van der Waals surface area contributed by atoms with Gasteiger partial charge in [-0.15, -0.1) is 0 Å². The lowest BCUT2D eigenvalue weighted by Gasteiger charge is -2.27. The first-order chi connectivity index (χ1) is 14.8. The maximum Gasteiger partial charge on any atom is 0.356 e. The van der Waals surface area contributed by atoms with Gasteiger partial charge in [0.15, 0.2) is 0 Å². The van der Waals surface area contributed by atoms with Crippen molar-refractivity contribution >= 4 is 22.8 Å². The standard InChI is InChI=1S/C25H29NO5/c1-6-30-23(27)25(29,24(28)31-7-2)22-17(5)19-13-9-11-15-21(19)26(22)20-14-10-8-12-18(20)16(3)4/h8-16,29H,6-7H2,1-5H3. The molecule has 0 saturated carbocycles. The van der Waals surface area contributed by atoms with Gasteiger partial charge in [-0.05, 0) is 49.9 Å². The van der Waals surface area contributed by atoms with Crippen LogP contribution in [0.4, 0.5) is 0 Å². The number of carbonyl (C=O) groups excluding carboxylic acids is 2. The van der Waals surface area contributed by atoms with E-state index in [2.05, 4.69) is 13.8 Å². The molecule has 164 valence electrons. The fourth-order valence-corrected chi connectivity index (χ4v) is 4.01. The zero-order valence-corrected chi connectivity index (χ0v) is 18.6. The molecule has 1 N–H and O–H groups in total. The molecule has 0 unspecified atom stereocenters. The summed E-state index contributed by atoms with van der Waals surface area (Å²) in [6.45, 7) is 9.21. The Hall–Kier alpha value is -3.12. The average molecular weight is 424 g/mol. The van der Waals surface area contributed by atoms with Crippen LogP contribution in [0.1, 0.15) is 50.4 Å². The van der Waals surface area contributed by atoms with Crippen molar-refractivity contribution in [3.63, 3.8) is 0 Å². The number of esters is 2. The van der Waals surface area contributed by atoms with Gasteiger partial charge in [-0.1, -0.05) is 50.2 Å². The number of aliphatic hydroxyl groups is 1. The van der Waals surface area contributed by atoms with Gasteiger partial charge >= 0.3 is 17.5 Å². The van der Waals surface area contributed by atoms with Crippen molar-refractivity contribution in [2.45, 2.75) is 46.1 Å². The topological polar surface area (TPSA) is 77.8 Å². The molecule has 3 rings (SSSR count). The van der Waals surface area contributed by atoms with Crippen molar-refractivity contribution in [2.24, 2.45) is 0 Å². The molecule has 0 bridgehead atoms. The highest BCUT2D eigenvalue weighted by Gasteiger charge is 2.53. The molecule has 1 aromatic heterocycles. The number of benzene rings is 2. The fourth-order valence-electron chi connectivity index (χ4n) is 4.01. The van der Waals surface area contributed by atoms with Gasteiger partial charge in [-0.25, -0.2) is 9.59 Å². The van der Waals surface area contributed by atoms with Crippen LogP contribution in [0.15, 0.2) is 48.5 Å². The summed E-state index contributed by atoms with van der Waals surface area (Å²) >= 11 is 0. The highest BCUT2D eigenvalue weighted by atomic mass is 16.6. The molecule has 6 heteroatoms. The smallest absolute Gasteiger partial charge is 0.356 e. The summed E-state index contributed by atoms with van der Waals surface area (Å²) in [6.07, 6.45) is 0. The van der Waals surface area contributed by atoms with Gasteiger partial charge in [0.25, 0.3) is 0 Å². The predicted octanol–water partition coefficient (Wildman–Crippen LogP) is 4.38. The molecule has 3 aromatic rings. The summed E-state index contributed by atoms with van der Waals surface area (Å²) in [5.74, 6) is -1.94. The van der Waals surface area contributed by atoms with Crippen molar-refractivity contribution in [3.05, 3.63) is 65.4 Å². The maximum atomic E-state index is 13.0. The average Bonchev–Trinajstić information content (AvgIpc) is 3.06. The van der Waals surface area contributed by atoms with E-state index in [4.69, 9.17) is 9.47 Å². The van der Waals surface area contributed by atoms with Gasteiger partial charge < -0.3 is 19.1 Å². The Morgan fingerprint density at radius 3 is 2.10 bits per heavy atom. The molecule has 0 aliphatic rings. The molecular formula is C25H29NO5. The van der Waals surface area contributed by atoms with E-state index in [1.165, 1.54) is 0 Å².